The summed E-state index contributed by atoms with van der Waals surface area (Å²) in [4.78, 5) is 22.9. The topological polar surface area (TPSA) is 98.3 Å². The highest BCUT2D eigenvalue weighted by atomic mass is 79.9. The molecule has 1 fully saturated rings. The molecule has 1 aromatic carbocycles. The number of nitrogens with zero attached hydrogens (tertiary/aromatic N) is 1. The van der Waals surface area contributed by atoms with Gasteiger partial charge in [-0.15, -0.1) is 0 Å². The second kappa shape index (κ2) is 6.53. The van der Waals surface area contributed by atoms with Gasteiger partial charge in [-0.05, 0) is 54.2 Å². The quantitative estimate of drug-likeness (QED) is 0.640. The molecule has 6 nitrogen and oxygen atoms in total. The minimum absolute atomic E-state index is 0.00435. The summed E-state index contributed by atoms with van der Waals surface area (Å²) in [5.41, 5.74) is 6.66. The van der Waals surface area contributed by atoms with Crippen LogP contribution in [-0.4, -0.2) is 17.4 Å². The van der Waals surface area contributed by atoms with Crippen LogP contribution in [0.25, 0.3) is 0 Å². The Morgan fingerprint density at radius 1 is 1.52 bits per heavy atom. The van der Waals surface area contributed by atoms with Crippen LogP contribution in [0.15, 0.2) is 16.6 Å². The van der Waals surface area contributed by atoms with Gasteiger partial charge in [-0.25, -0.2) is 0 Å². The van der Waals surface area contributed by atoms with Crippen molar-refractivity contribution in [3.05, 3.63) is 32.3 Å². The monoisotopic (exact) mass is 355 g/mol. The summed E-state index contributed by atoms with van der Waals surface area (Å²) in [6.45, 7) is 2.16. The zero-order valence-corrected chi connectivity index (χ0v) is 13.4. The molecule has 0 aliphatic heterocycles. The SMILES string of the molecule is Cc1cc(Br)c(NC(=O)C2CCCC2CN)cc1[N+](=O)[O-]. The standard InChI is InChI=1S/C14H18BrN3O3/c1-8-5-11(15)12(6-13(8)18(20)21)17-14(19)10-4-2-3-9(10)7-16/h5-6,9-10H,2-4,7,16H2,1H3,(H,17,19). The summed E-state index contributed by atoms with van der Waals surface area (Å²) >= 11 is 3.34. The number of nitrogens with two attached hydrogens (primary N) is 1. The van der Waals surface area contributed by atoms with E-state index in [9.17, 15) is 14.9 Å². The van der Waals surface area contributed by atoms with Gasteiger partial charge in [0.15, 0.2) is 0 Å². The largest absolute Gasteiger partial charge is 0.330 e. The molecule has 2 atom stereocenters. The van der Waals surface area contributed by atoms with E-state index in [1.807, 2.05) is 0 Å². The van der Waals surface area contributed by atoms with E-state index in [1.54, 1.807) is 13.0 Å². The number of amides is 1. The summed E-state index contributed by atoms with van der Waals surface area (Å²) in [6.07, 6.45) is 2.78. The summed E-state index contributed by atoms with van der Waals surface area (Å²) in [5.74, 6) is -0.0201. The summed E-state index contributed by atoms with van der Waals surface area (Å²) in [6, 6.07) is 3.03. The van der Waals surface area contributed by atoms with E-state index >= 15 is 0 Å². The van der Waals surface area contributed by atoms with Gasteiger partial charge in [0, 0.05) is 22.0 Å². The molecule has 0 radical (unpaired) electrons. The Balaban J connectivity index is 2.21. The fraction of sp³-hybridized carbons (Fsp3) is 0.500. The average molecular weight is 356 g/mol. The Morgan fingerprint density at radius 2 is 2.24 bits per heavy atom. The number of nitro benzene ring substituents is 1. The minimum Gasteiger partial charge on any atom is -0.330 e. The van der Waals surface area contributed by atoms with Crippen LogP contribution in [0, 0.1) is 28.9 Å². The minimum atomic E-state index is -0.449. The van der Waals surface area contributed by atoms with Crippen molar-refractivity contribution in [1.82, 2.24) is 0 Å². The maximum Gasteiger partial charge on any atom is 0.274 e. The van der Waals surface area contributed by atoms with E-state index in [0.717, 1.165) is 19.3 Å². The highest BCUT2D eigenvalue weighted by Gasteiger charge is 2.32. The van der Waals surface area contributed by atoms with E-state index in [-0.39, 0.29) is 23.4 Å². The first-order valence-electron chi connectivity index (χ1n) is 6.89. The van der Waals surface area contributed by atoms with Crippen molar-refractivity contribution < 1.29 is 9.72 Å². The average Bonchev–Trinajstić information content (AvgIpc) is 2.89. The zero-order valence-electron chi connectivity index (χ0n) is 11.8. The molecule has 0 heterocycles. The Bertz CT molecular complexity index is 577. The van der Waals surface area contributed by atoms with Gasteiger partial charge >= 0.3 is 0 Å². The van der Waals surface area contributed by atoms with Crippen molar-refractivity contribution in [3.8, 4) is 0 Å². The lowest BCUT2D eigenvalue weighted by atomic mass is 9.95. The number of carbonyl (C=O) groups is 1. The number of nitro groups is 1. The first-order chi connectivity index (χ1) is 9.93. The lowest BCUT2D eigenvalue weighted by Crippen LogP contribution is -2.29. The number of rotatable bonds is 4. The molecular weight excluding hydrogens is 338 g/mol. The zero-order chi connectivity index (χ0) is 15.6. The maximum atomic E-state index is 12.3. The van der Waals surface area contributed by atoms with Gasteiger partial charge in [0.2, 0.25) is 5.91 Å². The molecule has 21 heavy (non-hydrogen) atoms. The van der Waals surface area contributed by atoms with Crippen LogP contribution in [0.5, 0.6) is 0 Å². The van der Waals surface area contributed by atoms with E-state index < -0.39 is 4.92 Å². The lowest BCUT2D eigenvalue weighted by molar-refractivity contribution is -0.385. The number of anilines is 1. The molecule has 0 saturated heterocycles. The number of benzene rings is 1. The van der Waals surface area contributed by atoms with Crippen molar-refractivity contribution in [2.75, 3.05) is 11.9 Å². The lowest BCUT2D eigenvalue weighted by Gasteiger charge is -2.18. The molecular formula is C14H18BrN3O3. The summed E-state index contributed by atoms with van der Waals surface area (Å²) in [7, 11) is 0. The third-order valence-electron chi connectivity index (χ3n) is 4.04. The van der Waals surface area contributed by atoms with Crippen molar-refractivity contribution >= 4 is 33.2 Å². The molecule has 114 valence electrons. The van der Waals surface area contributed by atoms with Gasteiger partial charge in [0.25, 0.3) is 5.69 Å². The molecule has 0 spiro atoms. The predicted octanol–water partition coefficient (Wildman–Crippen LogP) is 2.98. The molecule has 1 aromatic rings. The number of halogens is 1. The van der Waals surface area contributed by atoms with E-state index in [2.05, 4.69) is 21.2 Å². The molecule has 1 saturated carbocycles. The smallest absolute Gasteiger partial charge is 0.274 e. The Labute approximate surface area is 131 Å². The molecule has 2 unspecified atom stereocenters. The predicted molar refractivity (Wildman–Crippen MR) is 84.0 cm³/mol. The molecule has 1 amide bonds. The Kier molecular flexibility index (Phi) is 4.95. The second-order valence-electron chi connectivity index (χ2n) is 5.40. The molecule has 1 aliphatic carbocycles. The first-order valence-corrected chi connectivity index (χ1v) is 7.68. The fourth-order valence-electron chi connectivity index (χ4n) is 2.84. The van der Waals surface area contributed by atoms with E-state index in [4.69, 9.17) is 5.73 Å². The van der Waals surface area contributed by atoms with Crippen molar-refractivity contribution in [1.29, 1.82) is 0 Å². The molecule has 0 bridgehead atoms. The number of carbonyl (C=O) groups excluding carboxylic acids is 1. The number of nitrogens with one attached hydrogen (secondary N) is 1. The Morgan fingerprint density at radius 3 is 2.86 bits per heavy atom. The van der Waals surface area contributed by atoms with Crippen molar-refractivity contribution in [2.24, 2.45) is 17.6 Å². The fourth-order valence-corrected chi connectivity index (χ4v) is 3.40. The van der Waals surface area contributed by atoms with Crippen LogP contribution in [0.3, 0.4) is 0 Å². The maximum absolute atomic E-state index is 12.3. The van der Waals surface area contributed by atoms with Crippen LogP contribution in [0.2, 0.25) is 0 Å². The highest BCUT2D eigenvalue weighted by molar-refractivity contribution is 9.10. The van der Waals surface area contributed by atoms with Crippen molar-refractivity contribution in [2.45, 2.75) is 26.2 Å². The van der Waals surface area contributed by atoms with Gasteiger partial charge < -0.3 is 11.1 Å². The van der Waals surface area contributed by atoms with Crippen LogP contribution in [0.4, 0.5) is 11.4 Å². The van der Waals surface area contributed by atoms with Gasteiger partial charge in [-0.1, -0.05) is 6.42 Å². The van der Waals surface area contributed by atoms with Crippen molar-refractivity contribution in [3.63, 3.8) is 0 Å². The Hall–Kier alpha value is -1.47. The third-order valence-corrected chi connectivity index (χ3v) is 4.69. The van der Waals surface area contributed by atoms with Gasteiger partial charge in [0.1, 0.15) is 0 Å². The number of hydrogen-bond acceptors (Lipinski definition) is 4. The highest BCUT2D eigenvalue weighted by Crippen LogP contribution is 2.34. The van der Waals surface area contributed by atoms with Crippen LogP contribution in [-0.2, 0) is 4.79 Å². The normalized spacial score (nSPS) is 21.3. The molecule has 2 rings (SSSR count). The summed E-state index contributed by atoms with van der Waals surface area (Å²) < 4.78 is 0.640. The molecule has 3 N–H and O–H groups in total. The van der Waals surface area contributed by atoms with Gasteiger partial charge in [-0.3, -0.25) is 14.9 Å². The molecule has 0 aromatic heterocycles. The number of aryl methyl sites for hydroxylation is 1. The first kappa shape index (κ1) is 15.9. The van der Waals surface area contributed by atoms with E-state index in [0.29, 0.717) is 22.3 Å². The van der Waals surface area contributed by atoms with Crippen LogP contribution >= 0.6 is 15.9 Å². The van der Waals surface area contributed by atoms with Gasteiger partial charge in [0.05, 0.1) is 10.6 Å². The second-order valence-corrected chi connectivity index (χ2v) is 6.25. The number of hydrogen-bond donors (Lipinski definition) is 2. The van der Waals surface area contributed by atoms with Gasteiger partial charge in [-0.2, -0.15) is 0 Å². The van der Waals surface area contributed by atoms with Crippen LogP contribution < -0.4 is 11.1 Å². The van der Waals surface area contributed by atoms with E-state index in [1.165, 1.54) is 6.07 Å². The van der Waals surface area contributed by atoms with Crippen LogP contribution in [0.1, 0.15) is 24.8 Å². The molecule has 1 aliphatic rings. The third kappa shape index (κ3) is 3.41. The summed E-state index contributed by atoms with van der Waals surface area (Å²) in [5, 5.41) is 13.8. The molecule has 7 heteroatoms.